The van der Waals surface area contributed by atoms with E-state index in [9.17, 15) is 8.42 Å². The van der Waals surface area contributed by atoms with Gasteiger partial charge in [0.15, 0.2) is 0 Å². The molecule has 1 atom stereocenters. The Morgan fingerprint density at radius 1 is 1.16 bits per heavy atom. The maximum absolute atomic E-state index is 12.2. The standard InChI is InChI=1S/C15H25NO2S/c1-6-7-12(2)16-19(17,18)14-10-8-13(9-11-14)15(3,4)5/h8-12,16H,6-7H2,1-5H3/t12-/m1/s1. The molecule has 1 aromatic carbocycles. The lowest BCUT2D eigenvalue weighted by atomic mass is 9.87. The van der Waals surface area contributed by atoms with Crippen molar-refractivity contribution in [2.75, 3.05) is 0 Å². The molecule has 0 saturated heterocycles. The zero-order valence-corrected chi connectivity index (χ0v) is 13.3. The number of sulfonamides is 1. The second kappa shape index (κ2) is 6.06. The SMILES string of the molecule is CCC[C@@H](C)NS(=O)(=O)c1ccc(C(C)(C)C)cc1. The first-order chi connectivity index (χ1) is 8.66. The molecule has 0 spiro atoms. The fraction of sp³-hybridized carbons (Fsp3) is 0.600. The van der Waals surface area contributed by atoms with Gasteiger partial charge in [0.05, 0.1) is 4.90 Å². The van der Waals surface area contributed by atoms with Crippen LogP contribution in [0.1, 0.15) is 53.0 Å². The van der Waals surface area contributed by atoms with E-state index in [1.54, 1.807) is 12.1 Å². The van der Waals surface area contributed by atoms with Gasteiger partial charge in [0, 0.05) is 6.04 Å². The number of hydrogen-bond donors (Lipinski definition) is 1. The van der Waals surface area contributed by atoms with Crippen LogP contribution in [0.25, 0.3) is 0 Å². The number of nitrogens with one attached hydrogen (secondary N) is 1. The molecule has 0 unspecified atom stereocenters. The van der Waals surface area contributed by atoms with Gasteiger partial charge in [-0.1, -0.05) is 46.2 Å². The molecule has 0 heterocycles. The summed E-state index contributed by atoms with van der Waals surface area (Å²) in [6, 6.07) is 7.11. The number of rotatable bonds is 5. The van der Waals surface area contributed by atoms with Crippen molar-refractivity contribution in [1.82, 2.24) is 4.72 Å². The molecule has 0 fully saturated rings. The Labute approximate surface area is 117 Å². The van der Waals surface area contributed by atoms with E-state index in [-0.39, 0.29) is 11.5 Å². The molecular formula is C15H25NO2S. The lowest BCUT2D eigenvalue weighted by molar-refractivity contribution is 0.543. The highest BCUT2D eigenvalue weighted by molar-refractivity contribution is 7.89. The Bertz CT molecular complexity index is 498. The van der Waals surface area contributed by atoms with Crippen molar-refractivity contribution in [2.24, 2.45) is 0 Å². The Balaban J connectivity index is 2.91. The molecule has 108 valence electrons. The lowest BCUT2D eigenvalue weighted by Gasteiger charge is -2.19. The summed E-state index contributed by atoms with van der Waals surface area (Å²) < 4.78 is 27.0. The molecule has 0 aliphatic heterocycles. The van der Waals surface area contributed by atoms with E-state index in [4.69, 9.17) is 0 Å². The van der Waals surface area contributed by atoms with Crippen LogP contribution in [-0.2, 0) is 15.4 Å². The van der Waals surface area contributed by atoms with Crippen LogP contribution >= 0.6 is 0 Å². The smallest absolute Gasteiger partial charge is 0.208 e. The van der Waals surface area contributed by atoms with Crippen LogP contribution in [0, 0.1) is 0 Å². The van der Waals surface area contributed by atoms with Crippen LogP contribution in [0.5, 0.6) is 0 Å². The molecule has 1 N–H and O–H groups in total. The fourth-order valence-corrected chi connectivity index (χ4v) is 3.24. The van der Waals surface area contributed by atoms with Crippen LogP contribution in [0.3, 0.4) is 0 Å². The summed E-state index contributed by atoms with van der Waals surface area (Å²) in [7, 11) is -3.39. The average molecular weight is 283 g/mol. The molecule has 0 radical (unpaired) electrons. The molecule has 0 aliphatic carbocycles. The molecule has 1 aromatic rings. The van der Waals surface area contributed by atoms with Crippen molar-refractivity contribution in [3.8, 4) is 0 Å². The molecular weight excluding hydrogens is 258 g/mol. The van der Waals surface area contributed by atoms with E-state index in [0.717, 1.165) is 18.4 Å². The Morgan fingerprint density at radius 2 is 1.68 bits per heavy atom. The summed E-state index contributed by atoms with van der Waals surface area (Å²) in [5.74, 6) is 0. The molecule has 3 nitrogen and oxygen atoms in total. The van der Waals surface area contributed by atoms with Crippen LogP contribution in [-0.4, -0.2) is 14.5 Å². The Kier molecular flexibility index (Phi) is 5.16. The quantitative estimate of drug-likeness (QED) is 0.899. The molecule has 1 rings (SSSR count). The van der Waals surface area contributed by atoms with Gasteiger partial charge in [0.2, 0.25) is 10.0 Å². The largest absolute Gasteiger partial charge is 0.240 e. The van der Waals surface area contributed by atoms with E-state index < -0.39 is 10.0 Å². The van der Waals surface area contributed by atoms with Gasteiger partial charge in [-0.25, -0.2) is 13.1 Å². The van der Waals surface area contributed by atoms with Crippen molar-refractivity contribution in [1.29, 1.82) is 0 Å². The van der Waals surface area contributed by atoms with Crippen molar-refractivity contribution in [3.63, 3.8) is 0 Å². The summed E-state index contributed by atoms with van der Waals surface area (Å²) in [5, 5.41) is 0. The third kappa shape index (κ3) is 4.62. The lowest BCUT2D eigenvalue weighted by Crippen LogP contribution is -2.32. The van der Waals surface area contributed by atoms with Crippen LogP contribution < -0.4 is 4.72 Å². The molecule has 0 amide bonds. The first-order valence-corrected chi connectivity index (χ1v) is 8.28. The monoisotopic (exact) mass is 283 g/mol. The molecule has 4 heteroatoms. The summed E-state index contributed by atoms with van der Waals surface area (Å²) in [6.45, 7) is 10.3. The molecule has 19 heavy (non-hydrogen) atoms. The van der Waals surface area contributed by atoms with Crippen LogP contribution in [0.15, 0.2) is 29.2 Å². The highest BCUT2D eigenvalue weighted by Gasteiger charge is 2.19. The number of benzene rings is 1. The van der Waals surface area contributed by atoms with Crippen molar-refractivity contribution >= 4 is 10.0 Å². The van der Waals surface area contributed by atoms with Gasteiger partial charge >= 0.3 is 0 Å². The summed E-state index contributed by atoms with van der Waals surface area (Å²) in [4.78, 5) is 0.337. The Hall–Kier alpha value is -0.870. The second-order valence-electron chi connectivity index (χ2n) is 6.09. The predicted octanol–water partition coefficient (Wildman–Crippen LogP) is 3.45. The van der Waals surface area contributed by atoms with Crippen molar-refractivity contribution in [2.45, 2.75) is 63.8 Å². The first kappa shape index (κ1) is 16.2. The maximum Gasteiger partial charge on any atom is 0.240 e. The van der Waals surface area contributed by atoms with E-state index >= 15 is 0 Å². The third-order valence-corrected chi connectivity index (χ3v) is 4.71. The van der Waals surface area contributed by atoms with Crippen molar-refractivity contribution in [3.05, 3.63) is 29.8 Å². The van der Waals surface area contributed by atoms with Gasteiger partial charge in [-0.05, 0) is 36.5 Å². The average Bonchev–Trinajstić information content (AvgIpc) is 2.27. The summed E-state index contributed by atoms with van der Waals surface area (Å²) >= 11 is 0. The molecule has 0 saturated carbocycles. The Morgan fingerprint density at radius 3 is 2.11 bits per heavy atom. The van der Waals surface area contributed by atoms with E-state index in [2.05, 4.69) is 25.5 Å². The van der Waals surface area contributed by atoms with Gasteiger partial charge in [0.25, 0.3) is 0 Å². The van der Waals surface area contributed by atoms with E-state index in [1.165, 1.54) is 0 Å². The molecule has 0 aromatic heterocycles. The molecule has 0 aliphatic rings. The van der Waals surface area contributed by atoms with E-state index in [1.807, 2.05) is 26.0 Å². The topological polar surface area (TPSA) is 46.2 Å². The zero-order valence-electron chi connectivity index (χ0n) is 12.5. The fourth-order valence-electron chi connectivity index (χ4n) is 1.96. The molecule has 0 bridgehead atoms. The minimum absolute atomic E-state index is 0.0303. The van der Waals surface area contributed by atoms with Gasteiger partial charge in [-0.2, -0.15) is 0 Å². The third-order valence-electron chi connectivity index (χ3n) is 3.11. The van der Waals surface area contributed by atoms with Gasteiger partial charge < -0.3 is 0 Å². The summed E-state index contributed by atoms with van der Waals surface area (Å²) in [5.41, 5.74) is 1.17. The summed E-state index contributed by atoms with van der Waals surface area (Å²) in [6.07, 6.45) is 1.81. The van der Waals surface area contributed by atoms with Gasteiger partial charge in [-0.3, -0.25) is 0 Å². The van der Waals surface area contributed by atoms with Gasteiger partial charge in [0.1, 0.15) is 0 Å². The van der Waals surface area contributed by atoms with Crippen LogP contribution in [0.4, 0.5) is 0 Å². The second-order valence-corrected chi connectivity index (χ2v) is 7.80. The zero-order chi connectivity index (χ0) is 14.7. The minimum Gasteiger partial charge on any atom is -0.208 e. The first-order valence-electron chi connectivity index (χ1n) is 6.79. The highest BCUT2D eigenvalue weighted by atomic mass is 32.2. The number of hydrogen-bond acceptors (Lipinski definition) is 2. The van der Waals surface area contributed by atoms with Crippen molar-refractivity contribution < 1.29 is 8.42 Å². The predicted molar refractivity (Wildman–Crippen MR) is 79.8 cm³/mol. The van der Waals surface area contributed by atoms with Gasteiger partial charge in [-0.15, -0.1) is 0 Å². The highest BCUT2D eigenvalue weighted by Crippen LogP contribution is 2.23. The van der Waals surface area contributed by atoms with E-state index in [0.29, 0.717) is 4.90 Å². The van der Waals surface area contributed by atoms with Crippen LogP contribution in [0.2, 0.25) is 0 Å². The normalized spacial score (nSPS) is 14.4. The maximum atomic E-state index is 12.2. The minimum atomic E-state index is -3.39.